The highest BCUT2D eigenvalue weighted by Gasteiger charge is 2.19. The Morgan fingerprint density at radius 3 is 2.58 bits per heavy atom. The van der Waals surface area contributed by atoms with Gasteiger partial charge < -0.3 is 19.7 Å². The fourth-order valence-corrected chi connectivity index (χ4v) is 4.56. The van der Waals surface area contributed by atoms with Gasteiger partial charge in [0.05, 0.1) is 6.10 Å². The van der Waals surface area contributed by atoms with Crippen molar-refractivity contribution in [1.82, 2.24) is 15.1 Å². The molecule has 0 radical (unpaired) electrons. The van der Waals surface area contributed by atoms with Gasteiger partial charge in [-0.1, -0.05) is 30.3 Å². The Bertz CT molecular complexity index is 647. The molecular formula is C26H45IN4O2. The summed E-state index contributed by atoms with van der Waals surface area (Å²) >= 11 is 0. The van der Waals surface area contributed by atoms with Gasteiger partial charge in [0.2, 0.25) is 0 Å². The van der Waals surface area contributed by atoms with Crippen LogP contribution in [0.2, 0.25) is 0 Å². The van der Waals surface area contributed by atoms with Crippen LogP contribution in [0.15, 0.2) is 35.3 Å². The number of guanidine groups is 1. The van der Waals surface area contributed by atoms with Crippen molar-refractivity contribution < 1.29 is 9.47 Å². The molecule has 0 bridgehead atoms. The van der Waals surface area contributed by atoms with Gasteiger partial charge in [-0.15, -0.1) is 24.0 Å². The van der Waals surface area contributed by atoms with Crippen LogP contribution in [0.25, 0.3) is 0 Å². The molecule has 188 valence electrons. The second-order valence-corrected chi connectivity index (χ2v) is 9.19. The fraction of sp³-hybridized carbons (Fsp3) is 0.731. The maximum absolute atomic E-state index is 6.17. The Morgan fingerprint density at radius 1 is 1.15 bits per heavy atom. The van der Waals surface area contributed by atoms with Crippen LogP contribution in [0.3, 0.4) is 0 Å². The van der Waals surface area contributed by atoms with Crippen LogP contribution in [-0.2, 0) is 16.0 Å². The lowest BCUT2D eigenvalue weighted by Crippen LogP contribution is -2.40. The molecule has 0 amide bonds. The Hall–Kier alpha value is -0.900. The second kappa shape index (κ2) is 16.7. The molecule has 6 nitrogen and oxygen atoms in total. The average Bonchev–Trinajstić information content (AvgIpc) is 2.84. The number of hydrogen-bond acceptors (Lipinski definition) is 4. The van der Waals surface area contributed by atoms with Gasteiger partial charge in [-0.2, -0.15) is 0 Å². The Balaban J connectivity index is 0.00000385. The van der Waals surface area contributed by atoms with Crippen LogP contribution in [0, 0.1) is 5.92 Å². The third-order valence-corrected chi connectivity index (χ3v) is 6.61. The molecule has 0 aromatic heterocycles. The molecule has 3 rings (SSSR count). The first-order valence-electron chi connectivity index (χ1n) is 12.7. The standard InChI is InChI=1S/C26H44N4O2.HI/c1-3-27-26(29(2)16-10-23-13-20-31-21-14-23)28-15-7-19-32-25-11-17-30(18-12-25)22-24-8-5-4-6-9-24;/h4-6,8-9,23,25H,3,7,10-22H2,1-2H3,(H,27,28);1H. The van der Waals surface area contributed by atoms with Gasteiger partial charge in [0, 0.05) is 66.1 Å². The molecular weight excluding hydrogens is 527 g/mol. The first kappa shape index (κ1) is 28.3. The highest BCUT2D eigenvalue weighted by molar-refractivity contribution is 14.0. The van der Waals surface area contributed by atoms with E-state index in [9.17, 15) is 0 Å². The van der Waals surface area contributed by atoms with Crippen molar-refractivity contribution in [3.8, 4) is 0 Å². The summed E-state index contributed by atoms with van der Waals surface area (Å²) < 4.78 is 11.6. The Kier molecular flexibility index (Phi) is 14.3. The number of hydrogen-bond donors (Lipinski definition) is 1. The van der Waals surface area contributed by atoms with Crippen molar-refractivity contribution >= 4 is 29.9 Å². The molecule has 0 aliphatic carbocycles. The summed E-state index contributed by atoms with van der Waals surface area (Å²) in [7, 11) is 2.15. The topological polar surface area (TPSA) is 49.3 Å². The fourth-order valence-electron chi connectivity index (χ4n) is 4.56. The van der Waals surface area contributed by atoms with Crippen LogP contribution in [0.1, 0.15) is 51.0 Å². The van der Waals surface area contributed by atoms with Gasteiger partial charge in [-0.3, -0.25) is 9.89 Å². The number of piperidine rings is 1. The largest absolute Gasteiger partial charge is 0.381 e. The number of rotatable bonds is 11. The molecule has 2 aliphatic rings. The van der Waals surface area contributed by atoms with Crippen molar-refractivity contribution in [2.75, 3.05) is 59.6 Å². The maximum atomic E-state index is 6.17. The van der Waals surface area contributed by atoms with E-state index in [1.165, 1.54) is 24.8 Å². The van der Waals surface area contributed by atoms with Gasteiger partial charge >= 0.3 is 0 Å². The van der Waals surface area contributed by atoms with Crippen molar-refractivity contribution in [3.63, 3.8) is 0 Å². The molecule has 1 N–H and O–H groups in total. The highest BCUT2D eigenvalue weighted by Crippen LogP contribution is 2.19. The number of ether oxygens (including phenoxy) is 2. The lowest BCUT2D eigenvalue weighted by atomic mass is 9.96. The number of aliphatic imine (C=N–C) groups is 1. The highest BCUT2D eigenvalue weighted by atomic mass is 127. The molecule has 7 heteroatoms. The van der Waals surface area contributed by atoms with Gasteiger partial charge in [0.1, 0.15) is 0 Å². The SMILES string of the molecule is CCNC(=NCCCOC1CCN(Cc2ccccc2)CC1)N(C)CCC1CCOCC1.I. The molecule has 2 heterocycles. The average molecular weight is 573 g/mol. The molecule has 0 atom stereocenters. The molecule has 2 saturated heterocycles. The first-order valence-corrected chi connectivity index (χ1v) is 12.7. The summed E-state index contributed by atoms with van der Waals surface area (Å²) in [6, 6.07) is 10.8. The number of likely N-dealkylation sites (tertiary alicyclic amines) is 1. The second-order valence-electron chi connectivity index (χ2n) is 9.19. The van der Waals surface area contributed by atoms with Gasteiger partial charge in [0.25, 0.3) is 0 Å². The van der Waals surface area contributed by atoms with Gasteiger partial charge in [-0.25, -0.2) is 0 Å². The molecule has 33 heavy (non-hydrogen) atoms. The lowest BCUT2D eigenvalue weighted by Gasteiger charge is -2.32. The maximum Gasteiger partial charge on any atom is 0.193 e. The van der Waals surface area contributed by atoms with Gasteiger partial charge in [-0.05, 0) is 56.9 Å². The Morgan fingerprint density at radius 2 is 1.88 bits per heavy atom. The summed E-state index contributed by atoms with van der Waals surface area (Å²) in [4.78, 5) is 9.66. The van der Waals surface area contributed by atoms with E-state index in [1.807, 2.05) is 0 Å². The molecule has 0 saturated carbocycles. The molecule has 2 aliphatic heterocycles. The summed E-state index contributed by atoms with van der Waals surface area (Å²) in [6.07, 6.45) is 7.26. The summed E-state index contributed by atoms with van der Waals surface area (Å²) in [6.45, 7) is 10.9. The van der Waals surface area contributed by atoms with Crippen molar-refractivity contribution in [3.05, 3.63) is 35.9 Å². The predicted molar refractivity (Wildman–Crippen MR) is 147 cm³/mol. The number of halogens is 1. The van der Waals surface area contributed by atoms with E-state index >= 15 is 0 Å². The summed E-state index contributed by atoms with van der Waals surface area (Å²) in [5, 5.41) is 3.44. The molecule has 2 fully saturated rings. The molecule has 0 unspecified atom stereocenters. The van der Waals surface area contributed by atoms with Crippen molar-refractivity contribution in [2.45, 2.75) is 58.1 Å². The lowest BCUT2D eigenvalue weighted by molar-refractivity contribution is 0.00565. The van der Waals surface area contributed by atoms with Crippen molar-refractivity contribution in [2.24, 2.45) is 10.9 Å². The predicted octanol–water partition coefficient (Wildman–Crippen LogP) is 4.39. The van der Waals surface area contributed by atoms with Crippen LogP contribution >= 0.6 is 24.0 Å². The minimum Gasteiger partial charge on any atom is -0.381 e. The van der Waals surface area contributed by atoms with Crippen LogP contribution < -0.4 is 5.32 Å². The smallest absolute Gasteiger partial charge is 0.193 e. The van der Waals surface area contributed by atoms with E-state index in [2.05, 4.69) is 59.4 Å². The number of nitrogens with zero attached hydrogens (tertiary/aromatic N) is 3. The van der Waals surface area contributed by atoms with Gasteiger partial charge in [0.15, 0.2) is 5.96 Å². The van der Waals surface area contributed by atoms with E-state index in [0.717, 1.165) is 90.2 Å². The summed E-state index contributed by atoms with van der Waals surface area (Å²) in [5.74, 6) is 1.82. The monoisotopic (exact) mass is 572 g/mol. The zero-order valence-electron chi connectivity index (χ0n) is 20.7. The quantitative estimate of drug-likeness (QED) is 0.185. The van der Waals surface area contributed by atoms with Crippen LogP contribution in [0.5, 0.6) is 0 Å². The zero-order valence-corrected chi connectivity index (χ0v) is 23.0. The third kappa shape index (κ3) is 10.9. The minimum absolute atomic E-state index is 0. The van der Waals surface area contributed by atoms with E-state index in [-0.39, 0.29) is 24.0 Å². The first-order chi connectivity index (χ1) is 15.7. The Labute approximate surface area is 218 Å². The van der Waals surface area contributed by atoms with Crippen LogP contribution in [0.4, 0.5) is 0 Å². The number of nitrogens with one attached hydrogen (secondary N) is 1. The number of benzene rings is 1. The third-order valence-electron chi connectivity index (χ3n) is 6.61. The van der Waals surface area contributed by atoms with E-state index < -0.39 is 0 Å². The van der Waals surface area contributed by atoms with E-state index in [1.54, 1.807) is 0 Å². The minimum atomic E-state index is 0. The normalized spacial score (nSPS) is 18.7. The summed E-state index contributed by atoms with van der Waals surface area (Å²) in [5.41, 5.74) is 1.40. The molecule has 0 spiro atoms. The molecule has 1 aromatic carbocycles. The van der Waals surface area contributed by atoms with Crippen LogP contribution in [-0.4, -0.2) is 81.5 Å². The van der Waals surface area contributed by atoms with E-state index in [4.69, 9.17) is 14.5 Å². The van der Waals surface area contributed by atoms with E-state index in [0.29, 0.717) is 6.10 Å². The zero-order chi connectivity index (χ0) is 22.4. The van der Waals surface area contributed by atoms with Crippen molar-refractivity contribution in [1.29, 1.82) is 0 Å². The molecule has 1 aromatic rings.